The number of carbonyl (C=O) groups is 1. The minimum Gasteiger partial charge on any atom is -0.292 e. The van der Waals surface area contributed by atoms with Crippen molar-refractivity contribution < 1.29 is 4.79 Å². The summed E-state index contributed by atoms with van der Waals surface area (Å²) in [5, 5.41) is 10.1. The number of carbonyl (C=O) groups excluding carboxylic acids is 1. The van der Waals surface area contributed by atoms with Crippen LogP contribution in [-0.2, 0) is 4.79 Å². The van der Waals surface area contributed by atoms with Crippen LogP contribution in [0.5, 0.6) is 0 Å². The van der Waals surface area contributed by atoms with E-state index in [1.165, 1.54) is 11.3 Å². The molecule has 7 heteroatoms. The van der Waals surface area contributed by atoms with Crippen molar-refractivity contribution in [2.75, 3.05) is 24.2 Å². The predicted octanol–water partition coefficient (Wildman–Crippen LogP) is 2.89. The first-order valence-corrected chi connectivity index (χ1v) is 8.90. The van der Waals surface area contributed by atoms with Crippen LogP contribution < -0.4 is 4.90 Å². The highest BCUT2D eigenvalue weighted by atomic mass is 32.2. The van der Waals surface area contributed by atoms with Crippen LogP contribution in [0.4, 0.5) is 5.13 Å². The fourth-order valence-electron chi connectivity index (χ4n) is 1.95. The molecule has 1 aromatic heterocycles. The number of hydrogen-bond donors (Lipinski definition) is 0. The summed E-state index contributed by atoms with van der Waals surface area (Å²) >= 11 is 3.23. The van der Waals surface area contributed by atoms with Gasteiger partial charge < -0.3 is 0 Å². The number of aliphatic imine (C=N–C) groups is 1. The lowest BCUT2D eigenvalue weighted by molar-refractivity contribution is -0.118. The Morgan fingerprint density at radius 1 is 1.52 bits per heavy atom. The third-order valence-corrected chi connectivity index (χ3v) is 5.21. The second kappa shape index (κ2) is 7.70. The van der Waals surface area contributed by atoms with Crippen LogP contribution in [0.25, 0.3) is 5.57 Å². The Morgan fingerprint density at radius 3 is 3.00 bits per heavy atom. The van der Waals surface area contributed by atoms with E-state index in [-0.39, 0.29) is 5.91 Å². The fourth-order valence-corrected chi connectivity index (χ4v) is 3.61. The van der Waals surface area contributed by atoms with Crippen molar-refractivity contribution in [3.05, 3.63) is 11.1 Å². The van der Waals surface area contributed by atoms with Crippen LogP contribution in [0.1, 0.15) is 31.7 Å². The molecule has 0 spiro atoms. The molecule has 21 heavy (non-hydrogen) atoms. The first-order valence-electron chi connectivity index (χ1n) is 7.03. The lowest BCUT2D eigenvalue weighted by Crippen LogP contribution is -2.28. The Bertz CT molecular complexity index is 553. The summed E-state index contributed by atoms with van der Waals surface area (Å²) < 4.78 is 0. The molecule has 0 aliphatic carbocycles. The van der Waals surface area contributed by atoms with Crippen LogP contribution in [0.3, 0.4) is 0 Å². The number of nitrogens with zero attached hydrogens (tertiary/aromatic N) is 4. The molecule has 0 fully saturated rings. The molecule has 2 rings (SSSR count). The van der Waals surface area contributed by atoms with E-state index in [2.05, 4.69) is 35.1 Å². The first-order chi connectivity index (χ1) is 10.1. The van der Waals surface area contributed by atoms with Crippen molar-refractivity contribution in [2.24, 2.45) is 4.99 Å². The number of hydrogen-bond acceptors (Lipinski definition) is 6. The van der Waals surface area contributed by atoms with Gasteiger partial charge >= 0.3 is 0 Å². The highest BCUT2D eigenvalue weighted by molar-refractivity contribution is 7.99. The van der Waals surface area contributed by atoms with Crippen molar-refractivity contribution in [1.82, 2.24) is 10.2 Å². The third-order valence-electron chi connectivity index (χ3n) is 3.09. The minimum atomic E-state index is 0.0810. The quantitative estimate of drug-likeness (QED) is 0.807. The Hall–Kier alpha value is -1.21. The van der Waals surface area contributed by atoms with E-state index >= 15 is 0 Å². The lowest BCUT2D eigenvalue weighted by atomic mass is 10.2. The van der Waals surface area contributed by atoms with Gasteiger partial charge in [0.2, 0.25) is 11.0 Å². The van der Waals surface area contributed by atoms with Gasteiger partial charge in [-0.1, -0.05) is 31.3 Å². The maximum atomic E-state index is 12.2. The van der Waals surface area contributed by atoms with Crippen molar-refractivity contribution >= 4 is 45.9 Å². The Balaban J connectivity index is 2.01. The standard InChI is InChI=1S/C14H20N4OS2/c1-4-20-10(2)8-12(19)18(3)14-17-16-13(21-14)11-6-5-7-15-9-11/h6,9-10H,4-5,7-8H2,1-3H3. The van der Waals surface area contributed by atoms with Crippen molar-refractivity contribution in [3.8, 4) is 0 Å². The highest BCUT2D eigenvalue weighted by Crippen LogP contribution is 2.26. The molecule has 0 N–H and O–H groups in total. The second-order valence-corrected chi connectivity index (χ2v) is 7.47. The zero-order chi connectivity index (χ0) is 15.2. The van der Waals surface area contributed by atoms with Crippen LogP contribution in [0, 0.1) is 0 Å². The molecule has 1 aliphatic heterocycles. The molecule has 5 nitrogen and oxygen atoms in total. The number of allylic oxidation sites excluding steroid dienone is 1. The van der Waals surface area contributed by atoms with Gasteiger partial charge in [0.05, 0.1) is 0 Å². The molecule has 1 aliphatic rings. The Morgan fingerprint density at radius 2 is 2.33 bits per heavy atom. The van der Waals surface area contributed by atoms with Crippen molar-refractivity contribution in [3.63, 3.8) is 0 Å². The van der Waals surface area contributed by atoms with Gasteiger partial charge in [-0.25, -0.2) is 0 Å². The highest BCUT2D eigenvalue weighted by Gasteiger charge is 2.19. The zero-order valence-electron chi connectivity index (χ0n) is 12.6. The van der Waals surface area contributed by atoms with Gasteiger partial charge in [0.25, 0.3) is 0 Å². The number of dihydropyridines is 1. The van der Waals surface area contributed by atoms with Crippen LogP contribution in [0.2, 0.25) is 0 Å². The van der Waals surface area contributed by atoms with Gasteiger partial charge in [-0.3, -0.25) is 14.7 Å². The molecule has 0 bridgehead atoms. The molecule has 0 aromatic carbocycles. The number of aromatic nitrogens is 2. The lowest BCUT2D eigenvalue weighted by Gasteiger charge is -2.15. The fraction of sp³-hybridized carbons (Fsp3) is 0.571. The molecule has 0 saturated carbocycles. The van der Waals surface area contributed by atoms with Gasteiger partial charge in [-0.05, 0) is 12.2 Å². The van der Waals surface area contributed by atoms with E-state index in [9.17, 15) is 4.79 Å². The van der Waals surface area contributed by atoms with E-state index in [4.69, 9.17) is 0 Å². The molecule has 114 valence electrons. The number of anilines is 1. The van der Waals surface area contributed by atoms with Crippen LogP contribution >= 0.6 is 23.1 Å². The topological polar surface area (TPSA) is 58.5 Å². The number of amides is 1. The van der Waals surface area contributed by atoms with Gasteiger partial charge in [0.1, 0.15) is 0 Å². The maximum Gasteiger partial charge on any atom is 0.229 e. The largest absolute Gasteiger partial charge is 0.292 e. The smallest absolute Gasteiger partial charge is 0.229 e. The summed E-state index contributed by atoms with van der Waals surface area (Å²) in [4.78, 5) is 18.1. The van der Waals surface area contributed by atoms with Crippen LogP contribution in [-0.4, -0.2) is 46.9 Å². The minimum absolute atomic E-state index is 0.0810. The van der Waals surface area contributed by atoms with E-state index in [0.29, 0.717) is 16.8 Å². The Kier molecular flexibility index (Phi) is 5.93. The second-order valence-electron chi connectivity index (χ2n) is 4.80. The predicted molar refractivity (Wildman–Crippen MR) is 91.5 cm³/mol. The molecule has 0 saturated heterocycles. The summed E-state index contributed by atoms with van der Waals surface area (Å²) in [6.45, 7) is 5.01. The van der Waals surface area contributed by atoms with Gasteiger partial charge in [-0.15, -0.1) is 10.2 Å². The van der Waals surface area contributed by atoms with Gasteiger partial charge in [0.15, 0.2) is 5.01 Å². The number of thioether (sulfide) groups is 1. The summed E-state index contributed by atoms with van der Waals surface area (Å²) in [5.41, 5.74) is 1.00. The van der Waals surface area contributed by atoms with E-state index in [0.717, 1.165) is 29.3 Å². The molecule has 1 aromatic rings. The summed E-state index contributed by atoms with van der Waals surface area (Å²) in [6, 6.07) is 0. The molecule has 1 unspecified atom stereocenters. The summed E-state index contributed by atoms with van der Waals surface area (Å²) in [7, 11) is 1.76. The monoisotopic (exact) mass is 324 g/mol. The molecular weight excluding hydrogens is 304 g/mol. The average molecular weight is 324 g/mol. The molecule has 2 heterocycles. The van der Waals surface area contributed by atoms with Crippen molar-refractivity contribution in [2.45, 2.75) is 31.9 Å². The molecular formula is C14H20N4OS2. The van der Waals surface area contributed by atoms with E-state index in [1.807, 2.05) is 6.21 Å². The SMILES string of the molecule is CCSC(C)CC(=O)N(C)c1nnc(C2=CCCN=C2)s1. The normalized spacial score (nSPS) is 15.7. The van der Waals surface area contributed by atoms with Gasteiger partial charge in [0, 0.05) is 37.1 Å². The van der Waals surface area contributed by atoms with Crippen molar-refractivity contribution in [1.29, 1.82) is 0 Å². The summed E-state index contributed by atoms with van der Waals surface area (Å²) in [5.74, 6) is 1.10. The average Bonchev–Trinajstić information content (AvgIpc) is 2.97. The maximum absolute atomic E-state index is 12.2. The van der Waals surface area contributed by atoms with E-state index < -0.39 is 0 Å². The zero-order valence-corrected chi connectivity index (χ0v) is 14.2. The van der Waals surface area contributed by atoms with E-state index in [1.54, 1.807) is 23.7 Å². The van der Waals surface area contributed by atoms with Crippen LogP contribution in [0.15, 0.2) is 11.1 Å². The Labute approximate surface area is 133 Å². The number of rotatable bonds is 6. The summed E-state index contributed by atoms with van der Waals surface area (Å²) in [6.07, 6.45) is 5.39. The third kappa shape index (κ3) is 4.38. The molecule has 0 radical (unpaired) electrons. The first kappa shape index (κ1) is 16.2. The molecule has 1 amide bonds. The van der Waals surface area contributed by atoms with Gasteiger partial charge in [-0.2, -0.15) is 11.8 Å². The molecule has 1 atom stereocenters.